The van der Waals surface area contributed by atoms with Crippen LogP contribution in [0.2, 0.25) is 0 Å². The van der Waals surface area contributed by atoms with Gasteiger partial charge in [-0.15, -0.1) is 0 Å². The van der Waals surface area contributed by atoms with Crippen LogP contribution in [-0.4, -0.2) is 36.0 Å². The molecule has 0 spiro atoms. The Labute approximate surface area is 70.9 Å². The highest BCUT2D eigenvalue weighted by molar-refractivity contribution is 6.04. The Kier molecular flexibility index (Phi) is 2.65. The second-order valence-corrected chi connectivity index (χ2v) is 2.69. The van der Waals surface area contributed by atoms with Crippen molar-refractivity contribution in [3.05, 3.63) is 0 Å². The second-order valence-electron chi connectivity index (χ2n) is 2.69. The minimum Gasteiger partial charge on any atom is -0.329 e. The Morgan fingerprint density at radius 2 is 2.25 bits per heavy atom. The number of nitrogens with two attached hydrogens (primary N) is 1. The first-order valence-corrected chi connectivity index (χ1v) is 4.02. The van der Waals surface area contributed by atoms with Crippen LogP contribution in [0.25, 0.3) is 0 Å². The van der Waals surface area contributed by atoms with Crippen LogP contribution < -0.4 is 11.1 Å². The van der Waals surface area contributed by atoms with Gasteiger partial charge in [-0.25, -0.2) is 4.79 Å². The summed E-state index contributed by atoms with van der Waals surface area (Å²) in [6.07, 6.45) is 0.631. The van der Waals surface area contributed by atoms with E-state index in [2.05, 4.69) is 5.32 Å². The van der Waals surface area contributed by atoms with Gasteiger partial charge in [0, 0.05) is 13.1 Å². The summed E-state index contributed by atoms with van der Waals surface area (Å²) >= 11 is 0. The van der Waals surface area contributed by atoms with Crippen molar-refractivity contribution in [3.8, 4) is 0 Å². The quantitative estimate of drug-likeness (QED) is 0.550. The zero-order chi connectivity index (χ0) is 9.14. The van der Waals surface area contributed by atoms with Crippen molar-refractivity contribution in [2.75, 3.05) is 13.1 Å². The molecule has 0 radical (unpaired) electrons. The fraction of sp³-hybridized carbons (Fsp3) is 0.714. The molecular formula is C7H13N3O2. The van der Waals surface area contributed by atoms with Crippen LogP contribution in [0.1, 0.15) is 13.3 Å². The normalized spacial score (nSPS) is 23.2. The molecular weight excluding hydrogens is 158 g/mol. The van der Waals surface area contributed by atoms with Gasteiger partial charge in [-0.05, 0) is 6.42 Å². The number of nitrogens with zero attached hydrogens (tertiary/aromatic N) is 1. The third-order valence-electron chi connectivity index (χ3n) is 1.87. The van der Waals surface area contributed by atoms with Gasteiger partial charge in [0.15, 0.2) is 0 Å². The van der Waals surface area contributed by atoms with Gasteiger partial charge in [0.2, 0.25) is 0 Å². The minimum absolute atomic E-state index is 0.159. The van der Waals surface area contributed by atoms with E-state index in [9.17, 15) is 9.59 Å². The van der Waals surface area contributed by atoms with Crippen LogP contribution in [-0.2, 0) is 4.79 Å². The van der Waals surface area contributed by atoms with Gasteiger partial charge in [-0.1, -0.05) is 6.92 Å². The molecule has 68 valence electrons. The van der Waals surface area contributed by atoms with Crippen LogP contribution in [0.4, 0.5) is 4.79 Å². The van der Waals surface area contributed by atoms with E-state index in [1.807, 2.05) is 6.92 Å². The predicted molar refractivity (Wildman–Crippen MR) is 43.4 cm³/mol. The lowest BCUT2D eigenvalue weighted by Gasteiger charge is -2.09. The summed E-state index contributed by atoms with van der Waals surface area (Å²) in [5.74, 6) is -0.159. The average molecular weight is 171 g/mol. The molecule has 1 aliphatic heterocycles. The van der Waals surface area contributed by atoms with Gasteiger partial charge in [-0.2, -0.15) is 0 Å². The fourth-order valence-corrected chi connectivity index (χ4v) is 1.19. The van der Waals surface area contributed by atoms with Gasteiger partial charge in [0.25, 0.3) is 5.91 Å². The number of imide groups is 1. The predicted octanol–water partition coefficient (Wildman–Crippen LogP) is -0.724. The maximum atomic E-state index is 11.3. The van der Waals surface area contributed by atoms with Crippen molar-refractivity contribution in [1.82, 2.24) is 10.2 Å². The van der Waals surface area contributed by atoms with E-state index in [0.717, 1.165) is 4.90 Å². The summed E-state index contributed by atoms with van der Waals surface area (Å²) in [5, 5.41) is 2.57. The number of carbonyl (C=O) groups excluding carboxylic acids is 2. The molecule has 0 bridgehead atoms. The Balaban J connectivity index is 2.64. The number of amides is 3. The molecule has 0 aliphatic carbocycles. The Morgan fingerprint density at radius 3 is 2.67 bits per heavy atom. The maximum absolute atomic E-state index is 11.3. The summed E-state index contributed by atoms with van der Waals surface area (Å²) in [6.45, 7) is 2.48. The standard InChI is InChI=1S/C7H13N3O2/c1-2-5-6(11)10(4-3-8)7(12)9-5/h5H,2-4,8H2,1H3,(H,9,12)/t5-/m0/s1. The van der Waals surface area contributed by atoms with Crippen molar-refractivity contribution >= 4 is 11.9 Å². The minimum atomic E-state index is -0.343. The van der Waals surface area contributed by atoms with Gasteiger partial charge in [0.1, 0.15) is 6.04 Å². The molecule has 1 fully saturated rings. The summed E-state index contributed by atoms with van der Waals surface area (Å²) in [4.78, 5) is 23.6. The Bertz CT molecular complexity index is 205. The largest absolute Gasteiger partial charge is 0.329 e. The zero-order valence-corrected chi connectivity index (χ0v) is 7.04. The monoisotopic (exact) mass is 171 g/mol. The number of urea groups is 1. The van der Waals surface area contributed by atoms with Gasteiger partial charge >= 0.3 is 6.03 Å². The van der Waals surface area contributed by atoms with Crippen LogP contribution in [0, 0.1) is 0 Å². The maximum Gasteiger partial charge on any atom is 0.324 e. The van der Waals surface area contributed by atoms with E-state index < -0.39 is 0 Å². The summed E-state index contributed by atoms with van der Waals surface area (Å²) in [6, 6.07) is -0.665. The molecule has 0 aromatic carbocycles. The molecule has 0 aromatic rings. The van der Waals surface area contributed by atoms with Crippen LogP contribution >= 0.6 is 0 Å². The molecule has 3 amide bonds. The molecule has 0 saturated carbocycles. The number of nitrogens with one attached hydrogen (secondary N) is 1. The summed E-state index contributed by atoms with van der Waals surface area (Å²) < 4.78 is 0. The molecule has 0 aromatic heterocycles. The van der Waals surface area contributed by atoms with Crippen molar-refractivity contribution in [2.24, 2.45) is 5.73 Å². The van der Waals surface area contributed by atoms with Crippen LogP contribution in [0.3, 0.4) is 0 Å². The van der Waals surface area contributed by atoms with Crippen molar-refractivity contribution in [3.63, 3.8) is 0 Å². The SMILES string of the molecule is CC[C@@H]1NC(=O)N(CCN)C1=O. The van der Waals surface area contributed by atoms with E-state index in [-0.39, 0.29) is 18.0 Å². The number of carbonyl (C=O) groups is 2. The highest BCUT2D eigenvalue weighted by Crippen LogP contribution is 2.07. The Hall–Kier alpha value is -1.10. The fourth-order valence-electron chi connectivity index (χ4n) is 1.19. The van der Waals surface area contributed by atoms with Gasteiger partial charge in [-0.3, -0.25) is 9.69 Å². The zero-order valence-electron chi connectivity index (χ0n) is 7.04. The van der Waals surface area contributed by atoms with Gasteiger partial charge < -0.3 is 11.1 Å². The molecule has 1 rings (SSSR count). The first-order valence-electron chi connectivity index (χ1n) is 4.02. The smallest absolute Gasteiger partial charge is 0.324 e. The molecule has 5 nitrogen and oxygen atoms in total. The van der Waals surface area contributed by atoms with Crippen LogP contribution in [0.5, 0.6) is 0 Å². The van der Waals surface area contributed by atoms with Crippen molar-refractivity contribution in [2.45, 2.75) is 19.4 Å². The first-order chi connectivity index (χ1) is 5.70. The van der Waals surface area contributed by atoms with E-state index >= 15 is 0 Å². The third-order valence-corrected chi connectivity index (χ3v) is 1.87. The van der Waals surface area contributed by atoms with E-state index in [4.69, 9.17) is 5.73 Å². The molecule has 1 saturated heterocycles. The lowest BCUT2D eigenvalue weighted by Crippen LogP contribution is -2.35. The lowest BCUT2D eigenvalue weighted by atomic mass is 10.2. The Morgan fingerprint density at radius 1 is 1.58 bits per heavy atom. The van der Waals surface area contributed by atoms with E-state index in [1.165, 1.54) is 0 Å². The second kappa shape index (κ2) is 3.53. The molecule has 1 atom stereocenters. The molecule has 0 unspecified atom stereocenters. The van der Waals surface area contributed by atoms with Gasteiger partial charge in [0.05, 0.1) is 0 Å². The number of hydrogen-bond acceptors (Lipinski definition) is 3. The first kappa shape index (κ1) is 8.99. The molecule has 3 N–H and O–H groups in total. The third kappa shape index (κ3) is 1.40. The summed E-state index contributed by atoms with van der Waals surface area (Å²) in [7, 11) is 0. The lowest BCUT2D eigenvalue weighted by molar-refractivity contribution is -0.127. The molecule has 1 heterocycles. The molecule has 12 heavy (non-hydrogen) atoms. The number of hydrogen-bond donors (Lipinski definition) is 2. The van der Waals surface area contributed by atoms with Crippen molar-refractivity contribution in [1.29, 1.82) is 0 Å². The highest BCUT2D eigenvalue weighted by atomic mass is 16.2. The van der Waals surface area contributed by atoms with E-state index in [1.54, 1.807) is 0 Å². The van der Waals surface area contributed by atoms with Crippen LogP contribution in [0.15, 0.2) is 0 Å². The topological polar surface area (TPSA) is 75.4 Å². The number of rotatable bonds is 3. The average Bonchev–Trinajstić information content (AvgIpc) is 2.32. The van der Waals surface area contributed by atoms with E-state index in [0.29, 0.717) is 19.5 Å². The highest BCUT2D eigenvalue weighted by Gasteiger charge is 2.35. The molecule has 1 aliphatic rings. The summed E-state index contributed by atoms with van der Waals surface area (Å²) in [5.41, 5.74) is 5.25. The molecule has 5 heteroatoms. The van der Waals surface area contributed by atoms with Crippen molar-refractivity contribution < 1.29 is 9.59 Å².